The second-order valence-electron chi connectivity index (χ2n) is 7.80. The molecule has 3 amide bonds. The number of nitrogens with zero attached hydrogens (tertiary/aromatic N) is 3. The van der Waals surface area contributed by atoms with E-state index in [-0.39, 0.29) is 17.1 Å². The molecule has 1 saturated heterocycles. The Morgan fingerprint density at radius 3 is 2.41 bits per heavy atom. The third kappa shape index (κ3) is 2.89. The molecule has 2 aliphatic rings. The minimum absolute atomic E-state index is 0.0702. The number of pyridine rings is 1. The van der Waals surface area contributed by atoms with Gasteiger partial charge < -0.3 is 4.74 Å². The lowest BCUT2D eigenvalue weighted by molar-refractivity contribution is -0.274. The van der Waals surface area contributed by atoms with Crippen molar-refractivity contribution in [3.63, 3.8) is 0 Å². The number of fused-ring (bicyclic) bond motifs is 1. The molecule has 32 heavy (non-hydrogen) atoms. The van der Waals surface area contributed by atoms with Gasteiger partial charge in [-0.1, -0.05) is 19.1 Å². The first-order chi connectivity index (χ1) is 15.1. The standard InChI is InChI=1S/C22H15F4N3O3/c1-12-11-21(12)19(30)28(13-5-7-14(8-6-13)32-22(24,25)26)20(31)29(21)17-9-10-27-18-15(17)3-2-4-16(18)23/h2-10,12H,11H2,1H3. The smallest absolute Gasteiger partial charge is 0.406 e. The Hall–Kier alpha value is -3.69. The number of alkyl halides is 3. The van der Waals surface area contributed by atoms with E-state index in [1.807, 2.05) is 6.92 Å². The predicted octanol–water partition coefficient (Wildman–Crippen LogP) is 5.02. The zero-order chi connectivity index (χ0) is 22.8. The second kappa shape index (κ2) is 6.65. The zero-order valence-corrected chi connectivity index (χ0v) is 16.6. The van der Waals surface area contributed by atoms with Crippen LogP contribution in [0, 0.1) is 11.7 Å². The van der Waals surface area contributed by atoms with E-state index in [2.05, 4.69) is 9.72 Å². The van der Waals surface area contributed by atoms with Gasteiger partial charge >= 0.3 is 12.4 Å². The van der Waals surface area contributed by atoms with Crippen molar-refractivity contribution >= 4 is 34.2 Å². The van der Waals surface area contributed by atoms with E-state index in [0.717, 1.165) is 17.0 Å². The van der Waals surface area contributed by atoms with Crippen LogP contribution in [0.5, 0.6) is 5.75 Å². The summed E-state index contributed by atoms with van der Waals surface area (Å²) >= 11 is 0. The maximum Gasteiger partial charge on any atom is 0.573 e. The van der Waals surface area contributed by atoms with Gasteiger partial charge in [0.1, 0.15) is 22.6 Å². The first-order valence-corrected chi connectivity index (χ1v) is 9.71. The molecule has 1 spiro atoms. The summed E-state index contributed by atoms with van der Waals surface area (Å²) in [6.45, 7) is 1.83. The molecular formula is C22H15F4N3O3. The molecule has 5 rings (SSSR count). The molecule has 2 heterocycles. The predicted molar refractivity (Wildman–Crippen MR) is 107 cm³/mol. The highest BCUT2D eigenvalue weighted by atomic mass is 19.4. The van der Waals surface area contributed by atoms with Gasteiger partial charge in [0.2, 0.25) is 0 Å². The van der Waals surface area contributed by atoms with Gasteiger partial charge in [-0.05, 0) is 48.7 Å². The van der Waals surface area contributed by atoms with Crippen molar-refractivity contribution in [1.29, 1.82) is 0 Å². The van der Waals surface area contributed by atoms with Gasteiger partial charge in [0, 0.05) is 11.6 Å². The van der Waals surface area contributed by atoms with Crippen LogP contribution in [0.2, 0.25) is 0 Å². The number of hydrogen-bond acceptors (Lipinski definition) is 4. The molecule has 10 heteroatoms. The van der Waals surface area contributed by atoms with E-state index in [1.165, 1.54) is 35.4 Å². The maximum atomic E-state index is 14.3. The van der Waals surface area contributed by atoms with Crippen molar-refractivity contribution in [2.75, 3.05) is 9.80 Å². The van der Waals surface area contributed by atoms with Crippen molar-refractivity contribution < 1.29 is 31.9 Å². The van der Waals surface area contributed by atoms with E-state index < -0.39 is 35.4 Å². The van der Waals surface area contributed by atoms with Crippen LogP contribution in [0.15, 0.2) is 54.7 Å². The molecule has 2 atom stereocenters. The van der Waals surface area contributed by atoms with Gasteiger partial charge in [0.15, 0.2) is 0 Å². The number of carbonyl (C=O) groups excluding carboxylic acids is 2. The quantitative estimate of drug-likeness (QED) is 0.419. The average molecular weight is 445 g/mol. The first-order valence-electron chi connectivity index (χ1n) is 9.71. The molecule has 6 nitrogen and oxygen atoms in total. The molecule has 3 aromatic rings. The largest absolute Gasteiger partial charge is 0.573 e. The van der Waals surface area contributed by atoms with Crippen LogP contribution < -0.4 is 14.5 Å². The number of urea groups is 1. The lowest BCUT2D eigenvalue weighted by Gasteiger charge is -2.23. The fraction of sp³-hybridized carbons (Fsp3) is 0.227. The third-order valence-corrected chi connectivity index (χ3v) is 5.90. The summed E-state index contributed by atoms with van der Waals surface area (Å²) in [5.74, 6) is -1.67. The first kappa shape index (κ1) is 20.2. The van der Waals surface area contributed by atoms with Gasteiger partial charge in [-0.25, -0.2) is 14.1 Å². The Kier molecular flexibility index (Phi) is 4.20. The molecule has 1 aromatic heterocycles. The highest BCUT2D eigenvalue weighted by molar-refractivity contribution is 6.32. The van der Waals surface area contributed by atoms with Crippen molar-refractivity contribution in [3.8, 4) is 5.75 Å². The Bertz CT molecular complexity index is 1260. The number of ether oxygens (including phenoxy) is 1. The molecule has 2 unspecified atom stereocenters. The molecule has 0 radical (unpaired) electrons. The van der Waals surface area contributed by atoms with Crippen molar-refractivity contribution in [2.24, 2.45) is 5.92 Å². The van der Waals surface area contributed by atoms with Crippen LogP contribution in [0.1, 0.15) is 13.3 Å². The molecule has 1 saturated carbocycles. The SMILES string of the molecule is CC1CC12C(=O)N(c1ccc(OC(F)(F)F)cc1)C(=O)N2c1ccnc2c(F)cccc12. The molecule has 0 N–H and O–H groups in total. The van der Waals surface area contributed by atoms with E-state index >= 15 is 0 Å². The number of aromatic nitrogens is 1. The van der Waals surface area contributed by atoms with E-state index in [1.54, 1.807) is 12.1 Å². The number of benzene rings is 2. The summed E-state index contributed by atoms with van der Waals surface area (Å²) in [5.41, 5.74) is -0.615. The van der Waals surface area contributed by atoms with Crippen LogP contribution in [0.4, 0.5) is 33.7 Å². The topological polar surface area (TPSA) is 62.7 Å². The molecule has 1 aliphatic carbocycles. The zero-order valence-electron chi connectivity index (χ0n) is 16.6. The molecule has 1 aliphatic heterocycles. The van der Waals surface area contributed by atoms with E-state index in [4.69, 9.17) is 0 Å². The minimum Gasteiger partial charge on any atom is -0.406 e. The molecule has 0 bridgehead atoms. The second-order valence-corrected chi connectivity index (χ2v) is 7.80. The summed E-state index contributed by atoms with van der Waals surface area (Å²) in [6, 6.07) is 9.73. The number of halogens is 4. The Labute approximate surface area is 179 Å². The number of carbonyl (C=O) groups is 2. The van der Waals surface area contributed by atoms with Crippen LogP contribution in [0.3, 0.4) is 0 Å². The third-order valence-electron chi connectivity index (χ3n) is 5.90. The molecule has 164 valence electrons. The lowest BCUT2D eigenvalue weighted by Crippen LogP contribution is -2.39. The van der Waals surface area contributed by atoms with Crippen LogP contribution >= 0.6 is 0 Å². The van der Waals surface area contributed by atoms with Gasteiger partial charge in [0.05, 0.1) is 11.4 Å². The van der Waals surface area contributed by atoms with Gasteiger partial charge in [-0.15, -0.1) is 13.2 Å². The van der Waals surface area contributed by atoms with Crippen LogP contribution in [-0.4, -0.2) is 28.8 Å². The number of rotatable bonds is 3. The molecule has 2 aromatic carbocycles. The monoisotopic (exact) mass is 445 g/mol. The highest BCUT2D eigenvalue weighted by Crippen LogP contribution is 2.56. The number of para-hydroxylation sites is 1. The minimum atomic E-state index is -4.86. The Balaban J connectivity index is 1.58. The maximum absolute atomic E-state index is 14.3. The van der Waals surface area contributed by atoms with Crippen molar-refractivity contribution in [2.45, 2.75) is 25.2 Å². The molecule has 2 fully saturated rings. The highest BCUT2D eigenvalue weighted by Gasteiger charge is 2.70. The van der Waals surface area contributed by atoms with Crippen LogP contribution in [-0.2, 0) is 4.79 Å². The van der Waals surface area contributed by atoms with E-state index in [9.17, 15) is 27.2 Å². The van der Waals surface area contributed by atoms with Gasteiger partial charge in [0.25, 0.3) is 5.91 Å². The summed E-state index contributed by atoms with van der Waals surface area (Å²) in [6.07, 6.45) is -3.09. The average Bonchev–Trinajstić information content (AvgIpc) is 3.34. The Morgan fingerprint density at radius 2 is 1.78 bits per heavy atom. The molecular weight excluding hydrogens is 430 g/mol. The normalized spacial score (nSPS) is 22.8. The summed E-state index contributed by atoms with van der Waals surface area (Å²) < 4.78 is 55.4. The number of hydrogen-bond donors (Lipinski definition) is 0. The number of anilines is 2. The fourth-order valence-corrected chi connectivity index (χ4v) is 4.33. The fourth-order valence-electron chi connectivity index (χ4n) is 4.33. The summed E-state index contributed by atoms with van der Waals surface area (Å²) in [4.78, 5) is 33.2. The van der Waals surface area contributed by atoms with Gasteiger partial charge in [-0.3, -0.25) is 14.7 Å². The van der Waals surface area contributed by atoms with E-state index in [0.29, 0.717) is 17.5 Å². The number of amides is 3. The Morgan fingerprint density at radius 1 is 1.09 bits per heavy atom. The summed E-state index contributed by atoms with van der Waals surface area (Å²) in [5, 5.41) is 0.378. The number of imide groups is 1. The van der Waals surface area contributed by atoms with Crippen molar-refractivity contribution in [1.82, 2.24) is 4.98 Å². The van der Waals surface area contributed by atoms with Crippen LogP contribution in [0.25, 0.3) is 10.9 Å². The van der Waals surface area contributed by atoms with Crippen molar-refractivity contribution in [3.05, 3.63) is 60.5 Å². The lowest BCUT2D eigenvalue weighted by atomic mass is 10.1. The van der Waals surface area contributed by atoms with Gasteiger partial charge in [-0.2, -0.15) is 0 Å². The summed E-state index contributed by atoms with van der Waals surface area (Å²) in [7, 11) is 0.